The number of rotatable bonds is 4. The first-order valence-electron chi connectivity index (χ1n) is 6.20. The lowest BCUT2D eigenvalue weighted by atomic mass is 10.1. The van der Waals surface area contributed by atoms with Crippen molar-refractivity contribution in [2.75, 3.05) is 11.5 Å². The molecular weight excluding hydrogens is 314 g/mol. The normalized spacial score (nSPS) is 17.2. The van der Waals surface area contributed by atoms with Crippen LogP contribution in [0.3, 0.4) is 0 Å². The minimum Gasteiger partial charge on any atom is -0.398 e. The fourth-order valence-corrected chi connectivity index (χ4v) is 4.81. The Labute approximate surface area is 117 Å². The maximum Gasteiger partial charge on any atom is 0.154 e. The summed E-state index contributed by atoms with van der Waals surface area (Å²) >= 11 is 3.32. The fourth-order valence-electron chi connectivity index (χ4n) is 2.53. The molecule has 0 saturated heterocycles. The predicted molar refractivity (Wildman–Crippen MR) is 78.0 cm³/mol. The topological polar surface area (TPSA) is 60.2 Å². The number of anilines is 1. The summed E-state index contributed by atoms with van der Waals surface area (Å²) in [5.41, 5.74) is 7.09. The van der Waals surface area contributed by atoms with Crippen LogP contribution in [-0.4, -0.2) is 14.2 Å². The summed E-state index contributed by atoms with van der Waals surface area (Å²) in [5, 5.41) is 0. The van der Waals surface area contributed by atoms with Crippen LogP contribution in [-0.2, 0) is 15.6 Å². The van der Waals surface area contributed by atoms with Gasteiger partial charge in [-0.3, -0.25) is 0 Å². The van der Waals surface area contributed by atoms with Gasteiger partial charge in [0.05, 0.1) is 11.5 Å². The van der Waals surface area contributed by atoms with Crippen molar-refractivity contribution in [2.45, 2.75) is 31.4 Å². The van der Waals surface area contributed by atoms with Crippen molar-refractivity contribution in [1.29, 1.82) is 0 Å². The number of hydrogen-bond donors (Lipinski definition) is 1. The largest absolute Gasteiger partial charge is 0.398 e. The highest BCUT2D eigenvalue weighted by molar-refractivity contribution is 9.10. The minimum atomic E-state index is -3.05. The van der Waals surface area contributed by atoms with E-state index in [1.807, 2.05) is 6.07 Å². The second kappa shape index (κ2) is 5.61. The molecule has 0 heterocycles. The van der Waals surface area contributed by atoms with Crippen LogP contribution in [0.1, 0.15) is 31.2 Å². The SMILES string of the molecule is Nc1cc(Br)ccc1CS(=O)(=O)CC1CCCC1. The van der Waals surface area contributed by atoms with Crippen LogP contribution in [0.15, 0.2) is 22.7 Å². The lowest BCUT2D eigenvalue weighted by Crippen LogP contribution is -2.16. The highest BCUT2D eigenvalue weighted by Gasteiger charge is 2.23. The number of hydrogen-bond acceptors (Lipinski definition) is 3. The molecule has 1 saturated carbocycles. The highest BCUT2D eigenvalue weighted by Crippen LogP contribution is 2.28. The van der Waals surface area contributed by atoms with Gasteiger partial charge in [0.1, 0.15) is 0 Å². The Balaban J connectivity index is 2.07. The van der Waals surface area contributed by atoms with E-state index in [4.69, 9.17) is 5.73 Å². The minimum absolute atomic E-state index is 0.0581. The molecule has 0 amide bonds. The van der Waals surface area contributed by atoms with Crippen LogP contribution in [0.4, 0.5) is 5.69 Å². The molecule has 0 radical (unpaired) electrons. The lowest BCUT2D eigenvalue weighted by Gasteiger charge is -2.11. The second-order valence-corrected chi connectivity index (χ2v) is 8.07. The summed E-state index contributed by atoms with van der Waals surface area (Å²) in [6.07, 6.45) is 4.44. The van der Waals surface area contributed by atoms with Crippen molar-refractivity contribution in [2.24, 2.45) is 5.92 Å². The Hall–Kier alpha value is -0.550. The number of sulfone groups is 1. The van der Waals surface area contributed by atoms with Gasteiger partial charge in [-0.2, -0.15) is 0 Å². The molecule has 1 aliphatic carbocycles. The van der Waals surface area contributed by atoms with Crippen molar-refractivity contribution in [3.8, 4) is 0 Å². The van der Waals surface area contributed by atoms with E-state index in [0.717, 1.165) is 17.3 Å². The van der Waals surface area contributed by atoms with Gasteiger partial charge in [-0.1, -0.05) is 34.8 Å². The molecule has 5 heteroatoms. The lowest BCUT2D eigenvalue weighted by molar-refractivity contribution is 0.558. The number of nitrogens with two attached hydrogens (primary N) is 1. The Bertz CT molecular complexity index is 522. The van der Waals surface area contributed by atoms with Gasteiger partial charge >= 0.3 is 0 Å². The van der Waals surface area contributed by atoms with Gasteiger partial charge in [0, 0.05) is 10.2 Å². The molecule has 1 aliphatic rings. The van der Waals surface area contributed by atoms with E-state index in [9.17, 15) is 8.42 Å². The summed E-state index contributed by atoms with van der Waals surface area (Å²) in [5.74, 6) is 0.720. The summed E-state index contributed by atoms with van der Waals surface area (Å²) < 4.78 is 25.1. The third kappa shape index (κ3) is 3.72. The van der Waals surface area contributed by atoms with E-state index in [1.54, 1.807) is 12.1 Å². The van der Waals surface area contributed by atoms with E-state index in [1.165, 1.54) is 12.8 Å². The fraction of sp³-hybridized carbons (Fsp3) is 0.538. The molecule has 0 unspecified atom stereocenters. The smallest absolute Gasteiger partial charge is 0.154 e. The molecule has 3 nitrogen and oxygen atoms in total. The van der Waals surface area contributed by atoms with Crippen molar-refractivity contribution in [1.82, 2.24) is 0 Å². The summed E-state index contributed by atoms with van der Waals surface area (Å²) in [6.45, 7) is 0. The maximum absolute atomic E-state index is 12.1. The Morgan fingerprint density at radius 2 is 1.94 bits per heavy atom. The third-order valence-electron chi connectivity index (χ3n) is 3.45. The molecule has 1 fully saturated rings. The molecule has 100 valence electrons. The Kier molecular flexibility index (Phi) is 4.33. The molecule has 18 heavy (non-hydrogen) atoms. The van der Waals surface area contributed by atoms with E-state index in [0.29, 0.717) is 22.9 Å². The zero-order chi connectivity index (χ0) is 13.2. The Morgan fingerprint density at radius 1 is 1.28 bits per heavy atom. The molecule has 1 aromatic carbocycles. The highest BCUT2D eigenvalue weighted by atomic mass is 79.9. The van der Waals surface area contributed by atoms with Crippen LogP contribution in [0.2, 0.25) is 0 Å². The van der Waals surface area contributed by atoms with E-state index >= 15 is 0 Å². The van der Waals surface area contributed by atoms with Gasteiger partial charge in [-0.15, -0.1) is 0 Å². The molecule has 0 aromatic heterocycles. The van der Waals surface area contributed by atoms with Crippen LogP contribution >= 0.6 is 15.9 Å². The van der Waals surface area contributed by atoms with Gasteiger partial charge in [-0.05, 0) is 36.5 Å². The summed E-state index contributed by atoms with van der Waals surface area (Å²) in [7, 11) is -3.05. The molecule has 1 aromatic rings. The predicted octanol–water partition coefficient (Wildman–Crippen LogP) is 3.14. The van der Waals surface area contributed by atoms with Gasteiger partial charge in [0.15, 0.2) is 9.84 Å². The molecule has 0 bridgehead atoms. The first kappa shape index (κ1) is 13.9. The molecule has 2 rings (SSSR count). The average molecular weight is 332 g/mol. The van der Waals surface area contributed by atoms with Crippen molar-refractivity contribution >= 4 is 31.5 Å². The van der Waals surface area contributed by atoms with E-state index in [-0.39, 0.29) is 5.75 Å². The standard InChI is InChI=1S/C13H18BrNO2S/c14-12-6-5-11(13(15)7-12)9-18(16,17)8-10-3-1-2-4-10/h5-7,10H,1-4,8-9,15H2. The zero-order valence-corrected chi connectivity index (χ0v) is 12.6. The monoisotopic (exact) mass is 331 g/mol. The van der Waals surface area contributed by atoms with Crippen molar-refractivity contribution < 1.29 is 8.42 Å². The quantitative estimate of drug-likeness (QED) is 0.862. The third-order valence-corrected chi connectivity index (χ3v) is 5.67. The van der Waals surface area contributed by atoms with E-state index < -0.39 is 9.84 Å². The van der Waals surface area contributed by atoms with Gasteiger partial charge < -0.3 is 5.73 Å². The maximum atomic E-state index is 12.1. The van der Waals surface area contributed by atoms with Crippen molar-refractivity contribution in [3.05, 3.63) is 28.2 Å². The van der Waals surface area contributed by atoms with E-state index in [2.05, 4.69) is 15.9 Å². The van der Waals surface area contributed by atoms with Gasteiger partial charge in [0.2, 0.25) is 0 Å². The number of benzene rings is 1. The van der Waals surface area contributed by atoms with Crippen LogP contribution < -0.4 is 5.73 Å². The number of halogens is 1. The molecule has 0 atom stereocenters. The Morgan fingerprint density at radius 3 is 2.56 bits per heavy atom. The van der Waals surface area contributed by atoms with Gasteiger partial charge in [0.25, 0.3) is 0 Å². The van der Waals surface area contributed by atoms with Crippen LogP contribution in [0.5, 0.6) is 0 Å². The van der Waals surface area contributed by atoms with Crippen LogP contribution in [0.25, 0.3) is 0 Å². The zero-order valence-electron chi connectivity index (χ0n) is 10.2. The van der Waals surface area contributed by atoms with Gasteiger partial charge in [-0.25, -0.2) is 8.42 Å². The summed E-state index contributed by atoms with van der Waals surface area (Å²) in [4.78, 5) is 0. The molecule has 0 spiro atoms. The molecule has 0 aliphatic heterocycles. The number of nitrogen functional groups attached to an aromatic ring is 1. The van der Waals surface area contributed by atoms with Crippen molar-refractivity contribution in [3.63, 3.8) is 0 Å². The molecule has 2 N–H and O–H groups in total. The first-order valence-corrected chi connectivity index (χ1v) is 8.82. The second-order valence-electron chi connectivity index (χ2n) is 5.05. The first-order chi connectivity index (χ1) is 8.46. The summed E-state index contributed by atoms with van der Waals surface area (Å²) in [6, 6.07) is 5.36. The molecular formula is C13H18BrNO2S. The van der Waals surface area contributed by atoms with Crippen LogP contribution in [0, 0.1) is 5.92 Å². The average Bonchev–Trinajstić information content (AvgIpc) is 2.74.